The van der Waals surface area contributed by atoms with Crippen LogP contribution in [-0.4, -0.2) is 18.3 Å². The molecule has 0 atom stereocenters. The van der Waals surface area contributed by atoms with Crippen molar-refractivity contribution in [2.24, 2.45) is 0 Å². The van der Waals surface area contributed by atoms with Gasteiger partial charge in [0.15, 0.2) is 0 Å². The third kappa shape index (κ3) is 3.76. The van der Waals surface area contributed by atoms with Gasteiger partial charge in [-0.2, -0.15) is 0 Å². The van der Waals surface area contributed by atoms with E-state index < -0.39 is 14.9 Å². The van der Waals surface area contributed by atoms with Crippen molar-refractivity contribution in [1.29, 1.82) is 0 Å². The average Bonchev–Trinajstić information content (AvgIpc) is 2.82. The van der Waals surface area contributed by atoms with Crippen LogP contribution in [-0.2, 0) is 16.6 Å². The van der Waals surface area contributed by atoms with Crippen LogP contribution >= 0.6 is 22.9 Å². The molecule has 1 aromatic heterocycles. The number of thiazole rings is 1. The van der Waals surface area contributed by atoms with Gasteiger partial charge in [-0.05, 0) is 13.0 Å². The molecule has 0 radical (unpaired) electrons. The molecule has 0 aliphatic carbocycles. The van der Waals surface area contributed by atoms with Crippen molar-refractivity contribution in [2.75, 3.05) is 0 Å². The number of hydrogen-bond acceptors (Lipinski definition) is 6. The summed E-state index contributed by atoms with van der Waals surface area (Å²) in [6, 6.07) is 3.25. The second-order valence-electron chi connectivity index (χ2n) is 4.05. The molecule has 0 amide bonds. The quantitative estimate of drug-likeness (QED) is 0.661. The number of nitrogens with one attached hydrogen (secondary N) is 1. The molecule has 0 aliphatic heterocycles. The van der Waals surface area contributed by atoms with E-state index in [1.54, 1.807) is 12.3 Å². The topological polar surface area (TPSA) is 102 Å². The van der Waals surface area contributed by atoms with E-state index in [1.165, 1.54) is 17.4 Å². The maximum absolute atomic E-state index is 12.2. The van der Waals surface area contributed by atoms with E-state index in [4.69, 9.17) is 11.6 Å². The van der Waals surface area contributed by atoms with Gasteiger partial charge in [0.1, 0.15) is 4.90 Å². The first kappa shape index (κ1) is 15.8. The Bertz CT molecular complexity index is 789. The van der Waals surface area contributed by atoms with Crippen LogP contribution in [0.2, 0.25) is 5.02 Å². The maximum atomic E-state index is 12.2. The summed E-state index contributed by atoms with van der Waals surface area (Å²) in [7, 11) is -3.96. The fourth-order valence-electron chi connectivity index (χ4n) is 1.55. The molecule has 21 heavy (non-hydrogen) atoms. The van der Waals surface area contributed by atoms with Crippen LogP contribution < -0.4 is 4.72 Å². The Morgan fingerprint density at radius 3 is 2.76 bits per heavy atom. The Kier molecular flexibility index (Phi) is 4.57. The van der Waals surface area contributed by atoms with Crippen LogP contribution in [0, 0.1) is 17.0 Å². The Morgan fingerprint density at radius 2 is 2.19 bits per heavy atom. The summed E-state index contributed by atoms with van der Waals surface area (Å²) < 4.78 is 26.7. The van der Waals surface area contributed by atoms with Crippen molar-refractivity contribution >= 4 is 38.6 Å². The average molecular weight is 348 g/mol. The Balaban J connectivity index is 2.26. The molecule has 2 rings (SSSR count). The number of aromatic nitrogens is 1. The number of sulfonamides is 1. The predicted molar refractivity (Wildman–Crippen MR) is 79.0 cm³/mol. The highest BCUT2D eigenvalue weighted by Gasteiger charge is 2.21. The van der Waals surface area contributed by atoms with Gasteiger partial charge < -0.3 is 0 Å². The summed E-state index contributed by atoms with van der Waals surface area (Å²) in [6.07, 6.45) is 0. The smallest absolute Gasteiger partial charge is 0.258 e. The van der Waals surface area contributed by atoms with E-state index in [0.29, 0.717) is 5.69 Å². The lowest BCUT2D eigenvalue weighted by Crippen LogP contribution is -2.23. The van der Waals surface area contributed by atoms with Gasteiger partial charge in [-0.25, -0.2) is 18.1 Å². The van der Waals surface area contributed by atoms with Crippen molar-refractivity contribution in [3.05, 3.63) is 49.4 Å². The van der Waals surface area contributed by atoms with Gasteiger partial charge in [-0.3, -0.25) is 10.1 Å². The lowest BCUT2D eigenvalue weighted by molar-refractivity contribution is -0.385. The Morgan fingerprint density at radius 1 is 1.48 bits per heavy atom. The number of nitrogens with zero attached hydrogens (tertiary/aromatic N) is 2. The van der Waals surface area contributed by atoms with E-state index >= 15 is 0 Å². The summed E-state index contributed by atoms with van der Waals surface area (Å²) in [4.78, 5) is 13.8. The van der Waals surface area contributed by atoms with Crippen molar-refractivity contribution in [2.45, 2.75) is 18.4 Å². The predicted octanol–water partition coefficient (Wildman–Crippen LogP) is 2.49. The van der Waals surface area contributed by atoms with Crippen LogP contribution in [0.25, 0.3) is 0 Å². The molecule has 1 heterocycles. The van der Waals surface area contributed by atoms with Crippen LogP contribution in [0.4, 0.5) is 5.69 Å². The first-order valence-electron chi connectivity index (χ1n) is 5.64. The monoisotopic (exact) mass is 347 g/mol. The second-order valence-corrected chi connectivity index (χ2v) is 7.26. The number of aryl methyl sites for hydroxylation is 1. The van der Waals surface area contributed by atoms with E-state index in [-0.39, 0.29) is 22.2 Å². The molecule has 0 spiro atoms. The van der Waals surface area contributed by atoms with Gasteiger partial charge in [-0.15, -0.1) is 11.3 Å². The van der Waals surface area contributed by atoms with E-state index in [0.717, 1.165) is 17.1 Å². The minimum absolute atomic E-state index is 0.00824. The van der Waals surface area contributed by atoms with Gasteiger partial charge in [-0.1, -0.05) is 11.6 Å². The summed E-state index contributed by atoms with van der Waals surface area (Å²) >= 11 is 7.21. The molecule has 0 saturated carbocycles. The Labute approximate surface area is 129 Å². The number of benzene rings is 1. The zero-order valence-corrected chi connectivity index (χ0v) is 13.1. The number of halogens is 1. The van der Waals surface area contributed by atoms with Gasteiger partial charge in [0.25, 0.3) is 5.69 Å². The number of nitro groups is 1. The zero-order valence-electron chi connectivity index (χ0n) is 10.7. The molecule has 0 bridgehead atoms. The molecule has 112 valence electrons. The third-order valence-corrected chi connectivity index (χ3v) is 5.23. The minimum atomic E-state index is -3.96. The Hall–Kier alpha value is -1.55. The fourth-order valence-corrected chi connectivity index (χ4v) is 3.68. The normalized spacial score (nSPS) is 11.5. The highest BCUT2D eigenvalue weighted by atomic mass is 35.5. The molecule has 0 saturated heterocycles. The standard InChI is InChI=1S/C11H10ClN3O4S2/c1-7-14-8(6-20-7)5-13-21(18,19)11-4-9(15(16)17)2-3-10(11)12/h2-4,6,13H,5H2,1H3. The maximum Gasteiger partial charge on any atom is 0.270 e. The van der Waals surface area contributed by atoms with Crippen LogP contribution in [0.1, 0.15) is 10.7 Å². The highest BCUT2D eigenvalue weighted by molar-refractivity contribution is 7.89. The lowest BCUT2D eigenvalue weighted by atomic mass is 10.3. The van der Waals surface area contributed by atoms with Gasteiger partial charge >= 0.3 is 0 Å². The first-order chi connectivity index (χ1) is 9.79. The summed E-state index contributed by atoms with van der Waals surface area (Å²) in [6.45, 7) is 1.80. The van der Waals surface area contributed by atoms with Crippen molar-refractivity contribution in [3.8, 4) is 0 Å². The van der Waals surface area contributed by atoms with Crippen LogP contribution in [0.3, 0.4) is 0 Å². The SMILES string of the molecule is Cc1nc(CNS(=O)(=O)c2cc([N+](=O)[O-])ccc2Cl)cs1. The largest absolute Gasteiger partial charge is 0.270 e. The number of non-ortho nitro benzene ring substituents is 1. The molecule has 10 heteroatoms. The molecule has 0 unspecified atom stereocenters. The van der Waals surface area contributed by atoms with Crippen molar-refractivity contribution < 1.29 is 13.3 Å². The van der Waals surface area contributed by atoms with Gasteiger partial charge in [0, 0.05) is 17.5 Å². The minimum Gasteiger partial charge on any atom is -0.258 e. The summed E-state index contributed by atoms with van der Waals surface area (Å²) in [5.41, 5.74) is 0.229. The van der Waals surface area contributed by atoms with E-state index in [2.05, 4.69) is 9.71 Å². The summed E-state index contributed by atoms with van der Waals surface area (Å²) in [5.74, 6) is 0. The molecule has 1 aromatic carbocycles. The number of hydrogen-bond donors (Lipinski definition) is 1. The molecular weight excluding hydrogens is 338 g/mol. The number of nitro benzene ring substituents is 1. The highest BCUT2D eigenvalue weighted by Crippen LogP contribution is 2.26. The zero-order chi connectivity index (χ0) is 15.6. The lowest BCUT2D eigenvalue weighted by Gasteiger charge is -2.07. The van der Waals surface area contributed by atoms with Crippen LogP contribution in [0.5, 0.6) is 0 Å². The molecule has 1 N–H and O–H groups in total. The summed E-state index contributed by atoms with van der Waals surface area (Å²) in [5, 5.41) is 13.2. The van der Waals surface area contributed by atoms with Gasteiger partial charge in [0.2, 0.25) is 10.0 Å². The fraction of sp³-hybridized carbons (Fsp3) is 0.182. The third-order valence-electron chi connectivity index (χ3n) is 2.53. The van der Waals surface area contributed by atoms with E-state index in [1.807, 2.05) is 0 Å². The molecule has 0 aliphatic rings. The molecule has 7 nitrogen and oxygen atoms in total. The van der Waals surface area contributed by atoms with E-state index in [9.17, 15) is 18.5 Å². The number of rotatable bonds is 5. The second kappa shape index (κ2) is 6.06. The first-order valence-corrected chi connectivity index (χ1v) is 8.38. The van der Waals surface area contributed by atoms with Crippen molar-refractivity contribution in [3.63, 3.8) is 0 Å². The molecular formula is C11H10ClN3O4S2. The molecule has 0 fully saturated rings. The van der Waals surface area contributed by atoms with Crippen LogP contribution in [0.15, 0.2) is 28.5 Å². The van der Waals surface area contributed by atoms with Crippen molar-refractivity contribution in [1.82, 2.24) is 9.71 Å². The van der Waals surface area contributed by atoms with Gasteiger partial charge in [0.05, 0.1) is 27.2 Å². The molecule has 2 aromatic rings.